The largest absolute Gasteiger partial charge is 0.452 e. The molecule has 0 saturated carbocycles. The summed E-state index contributed by atoms with van der Waals surface area (Å²) in [6, 6.07) is 3.86. The first-order valence-electron chi connectivity index (χ1n) is 8.93. The van der Waals surface area contributed by atoms with Gasteiger partial charge in [-0.2, -0.15) is 4.31 Å². The van der Waals surface area contributed by atoms with Crippen LogP contribution in [-0.2, 0) is 19.6 Å². The van der Waals surface area contributed by atoms with E-state index in [-0.39, 0.29) is 34.6 Å². The summed E-state index contributed by atoms with van der Waals surface area (Å²) in [4.78, 5) is 23.8. The molecule has 0 aromatic heterocycles. The molecule has 1 amide bonds. The lowest BCUT2D eigenvalue weighted by molar-refractivity contribution is -0.124. The van der Waals surface area contributed by atoms with E-state index in [2.05, 4.69) is 5.32 Å². The van der Waals surface area contributed by atoms with Gasteiger partial charge in [0.1, 0.15) is 4.90 Å². The Morgan fingerprint density at radius 3 is 2.41 bits per heavy atom. The maximum Gasteiger partial charge on any atom is 0.338 e. The van der Waals surface area contributed by atoms with Gasteiger partial charge in [0, 0.05) is 19.1 Å². The van der Waals surface area contributed by atoms with E-state index in [0.29, 0.717) is 0 Å². The molecule has 0 aliphatic rings. The van der Waals surface area contributed by atoms with Crippen LogP contribution in [-0.4, -0.2) is 50.3 Å². The number of amides is 1. The van der Waals surface area contributed by atoms with Crippen molar-refractivity contribution >= 4 is 33.5 Å². The first-order valence-corrected chi connectivity index (χ1v) is 10.7. The van der Waals surface area contributed by atoms with E-state index in [9.17, 15) is 18.0 Å². The van der Waals surface area contributed by atoms with Crippen LogP contribution in [0.3, 0.4) is 0 Å². The van der Waals surface area contributed by atoms with E-state index in [0.717, 1.165) is 12.8 Å². The minimum absolute atomic E-state index is 0.0115. The molecule has 7 nitrogen and oxygen atoms in total. The van der Waals surface area contributed by atoms with Crippen LogP contribution >= 0.6 is 11.6 Å². The van der Waals surface area contributed by atoms with Crippen LogP contribution in [0.4, 0.5) is 0 Å². The summed E-state index contributed by atoms with van der Waals surface area (Å²) in [6.07, 6.45) is 1.75. The molecule has 9 heteroatoms. The molecule has 0 unspecified atom stereocenters. The lowest BCUT2D eigenvalue weighted by Gasteiger charge is -2.19. The first-order chi connectivity index (χ1) is 12.7. The van der Waals surface area contributed by atoms with Crippen molar-refractivity contribution in [2.45, 2.75) is 51.5 Å². The summed E-state index contributed by atoms with van der Waals surface area (Å²) in [5.74, 6) is -1.20. The number of hydrogen-bond donors (Lipinski definition) is 1. The second-order valence-electron chi connectivity index (χ2n) is 6.07. The number of nitrogens with zero attached hydrogens (tertiary/aromatic N) is 1. The Kier molecular flexibility index (Phi) is 9.21. The van der Waals surface area contributed by atoms with Gasteiger partial charge < -0.3 is 10.1 Å². The van der Waals surface area contributed by atoms with Crippen molar-refractivity contribution < 1.29 is 22.7 Å². The fourth-order valence-electron chi connectivity index (χ4n) is 2.57. The molecule has 0 saturated heterocycles. The van der Waals surface area contributed by atoms with Crippen LogP contribution < -0.4 is 5.32 Å². The monoisotopic (exact) mass is 418 g/mol. The van der Waals surface area contributed by atoms with Crippen molar-refractivity contribution in [3.8, 4) is 0 Å². The van der Waals surface area contributed by atoms with Crippen molar-refractivity contribution in [3.05, 3.63) is 28.8 Å². The lowest BCUT2D eigenvalue weighted by Crippen LogP contribution is -2.35. The number of sulfonamides is 1. The molecule has 0 radical (unpaired) electrons. The number of hydrogen-bond acceptors (Lipinski definition) is 5. The number of carbonyl (C=O) groups is 2. The van der Waals surface area contributed by atoms with Crippen molar-refractivity contribution in [1.29, 1.82) is 0 Å². The number of esters is 1. The Morgan fingerprint density at radius 1 is 1.22 bits per heavy atom. The van der Waals surface area contributed by atoms with Gasteiger partial charge in [-0.05, 0) is 31.5 Å². The molecule has 1 rings (SSSR count). The first kappa shape index (κ1) is 23.4. The zero-order valence-corrected chi connectivity index (χ0v) is 17.7. The van der Waals surface area contributed by atoms with Crippen LogP contribution in [0.1, 0.15) is 50.9 Å². The van der Waals surface area contributed by atoms with Crippen LogP contribution in [0.15, 0.2) is 23.1 Å². The van der Waals surface area contributed by atoms with E-state index < -0.39 is 28.5 Å². The number of nitrogens with one attached hydrogen (secondary N) is 1. The second kappa shape index (κ2) is 10.6. The standard InChI is InChI=1S/C18H27ClN2O5S/c1-5-8-13(4)20-17(22)12-26-18(23)14-9-10-15(19)16(11-14)27(24,25)21(6-2)7-3/h9-11,13H,5-8,12H2,1-4H3,(H,20,22)/t13-/m1/s1. The van der Waals surface area contributed by atoms with Gasteiger partial charge >= 0.3 is 5.97 Å². The Bertz CT molecular complexity index is 763. The minimum atomic E-state index is -3.83. The van der Waals surface area contributed by atoms with E-state index >= 15 is 0 Å². The predicted molar refractivity (Wildman–Crippen MR) is 104 cm³/mol. The number of rotatable bonds is 10. The highest BCUT2D eigenvalue weighted by molar-refractivity contribution is 7.89. The van der Waals surface area contributed by atoms with Gasteiger partial charge in [0.2, 0.25) is 10.0 Å². The summed E-state index contributed by atoms with van der Waals surface area (Å²) in [5.41, 5.74) is 0.0135. The van der Waals surface area contributed by atoms with Gasteiger partial charge in [-0.15, -0.1) is 0 Å². The van der Waals surface area contributed by atoms with Crippen molar-refractivity contribution in [1.82, 2.24) is 9.62 Å². The van der Waals surface area contributed by atoms with Gasteiger partial charge in [-0.25, -0.2) is 13.2 Å². The molecule has 0 heterocycles. The van der Waals surface area contributed by atoms with Crippen LogP contribution in [0, 0.1) is 0 Å². The highest BCUT2D eigenvalue weighted by atomic mass is 35.5. The van der Waals surface area contributed by atoms with Gasteiger partial charge in [0.25, 0.3) is 5.91 Å². The molecule has 1 atom stereocenters. The fraction of sp³-hybridized carbons (Fsp3) is 0.556. The molecule has 152 valence electrons. The number of carbonyl (C=O) groups excluding carboxylic acids is 2. The summed E-state index contributed by atoms with van der Waals surface area (Å²) >= 11 is 6.04. The molecule has 27 heavy (non-hydrogen) atoms. The van der Waals surface area contributed by atoms with Crippen molar-refractivity contribution in [3.63, 3.8) is 0 Å². The molecule has 0 aliphatic carbocycles. The van der Waals surface area contributed by atoms with E-state index in [4.69, 9.17) is 16.3 Å². The normalized spacial score (nSPS) is 12.7. The third kappa shape index (κ3) is 6.48. The molecular formula is C18H27ClN2O5S. The third-order valence-electron chi connectivity index (χ3n) is 3.95. The summed E-state index contributed by atoms with van der Waals surface area (Å²) in [5, 5.41) is 2.74. The van der Waals surface area contributed by atoms with E-state index in [1.165, 1.54) is 22.5 Å². The lowest BCUT2D eigenvalue weighted by atomic mass is 10.2. The SMILES string of the molecule is CCC[C@@H](C)NC(=O)COC(=O)c1ccc(Cl)c(S(=O)(=O)N(CC)CC)c1. The smallest absolute Gasteiger partial charge is 0.338 e. The zero-order chi connectivity index (χ0) is 20.6. The minimum Gasteiger partial charge on any atom is -0.452 e. The Balaban J connectivity index is 2.90. The predicted octanol–water partition coefficient (Wildman–Crippen LogP) is 2.83. The summed E-state index contributed by atoms with van der Waals surface area (Å²) in [7, 11) is -3.83. The van der Waals surface area contributed by atoms with Crippen LogP contribution in [0.2, 0.25) is 5.02 Å². The second-order valence-corrected chi connectivity index (χ2v) is 8.38. The quantitative estimate of drug-likeness (QED) is 0.590. The number of benzene rings is 1. The van der Waals surface area contributed by atoms with Crippen molar-refractivity contribution in [2.75, 3.05) is 19.7 Å². The Hall–Kier alpha value is -1.64. The van der Waals surface area contributed by atoms with Crippen LogP contribution in [0.5, 0.6) is 0 Å². The summed E-state index contributed by atoms with van der Waals surface area (Å²) in [6.45, 7) is 7.42. The molecule has 0 aliphatic heterocycles. The molecule has 1 aromatic rings. The molecule has 0 fully saturated rings. The maximum atomic E-state index is 12.7. The molecule has 0 bridgehead atoms. The summed E-state index contributed by atoms with van der Waals surface area (Å²) < 4.78 is 31.6. The Morgan fingerprint density at radius 2 is 1.85 bits per heavy atom. The molecule has 1 N–H and O–H groups in total. The number of ether oxygens (including phenoxy) is 1. The fourth-order valence-corrected chi connectivity index (χ4v) is 4.53. The van der Waals surface area contributed by atoms with E-state index in [1.54, 1.807) is 13.8 Å². The third-order valence-corrected chi connectivity index (χ3v) is 6.49. The average molecular weight is 419 g/mol. The van der Waals surface area contributed by atoms with Gasteiger partial charge in [0.05, 0.1) is 10.6 Å². The van der Waals surface area contributed by atoms with E-state index in [1.807, 2.05) is 13.8 Å². The highest BCUT2D eigenvalue weighted by Crippen LogP contribution is 2.26. The molecule has 1 aromatic carbocycles. The zero-order valence-electron chi connectivity index (χ0n) is 16.1. The maximum absolute atomic E-state index is 12.7. The number of halogens is 1. The topological polar surface area (TPSA) is 92.8 Å². The highest BCUT2D eigenvalue weighted by Gasteiger charge is 2.26. The van der Waals surface area contributed by atoms with Crippen LogP contribution in [0.25, 0.3) is 0 Å². The van der Waals surface area contributed by atoms with Gasteiger partial charge in [0.15, 0.2) is 6.61 Å². The average Bonchev–Trinajstić information content (AvgIpc) is 2.60. The molecular weight excluding hydrogens is 392 g/mol. The van der Waals surface area contributed by atoms with Crippen molar-refractivity contribution in [2.24, 2.45) is 0 Å². The van der Waals surface area contributed by atoms with Gasteiger partial charge in [-0.3, -0.25) is 4.79 Å². The molecule has 0 spiro atoms. The Labute approximate surface area is 166 Å². The van der Waals surface area contributed by atoms with Gasteiger partial charge in [-0.1, -0.05) is 38.8 Å².